The minimum Gasteiger partial charge on any atom is -0.463 e. The van der Waals surface area contributed by atoms with E-state index in [1.807, 2.05) is 25.1 Å². The lowest BCUT2D eigenvalue weighted by molar-refractivity contribution is 0.582. The van der Waals surface area contributed by atoms with Crippen molar-refractivity contribution in [2.45, 2.75) is 6.92 Å². The number of nitrogen functional groups attached to an aromatic ring is 1. The molecular weight excluding hydrogens is 270 g/mol. The molecule has 0 radical (unpaired) electrons. The molecule has 0 unspecified atom stereocenters. The molecule has 5 heteroatoms. The number of nitrogens with two attached hydrogens (primary N) is 1. The quantitative estimate of drug-likeness (QED) is 0.774. The van der Waals surface area contributed by atoms with Crippen molar-refractivity contribution in [2.24, 2.45) is 0 Å². The Kier molecular flexibility index (Phi) is 3.01. The number of rotatable bonds is 2. The number of pyridine rings is 1. The molecule has 0 amide bonds. The van der Waals surface area contributed by atoms with Gasteiger partial charge in [0.05, 0.1) is 16.8 Å². The summed E-state index contributed by atoms with van der Waals surface area (Å²) in [4.78, 5) is 5.48. The van der Waals surface area contributed by atoms with E-state index >= 15 is 0 Å². The first-order valence-corrected chi connectivity index (χ1v) is 6.81. The van der Waals surface area contributed by atoms with Crippen molar-refractivity contribution in [3.8, 4) is 27.8 Å². The number of aryl methyl sites for hydroxylation is 1. The summed E-state index contributed by atoms with van der Waals surface area (Å²) in [6, 6.07) is 7.80. The van der Waals surface area contributed by atoms with Crippen molar-refractivity contribution < 1.29 is 4.42 Å². The van der Waals surface area contributed by atoms with Crippen LogP contribution in [0.4, 0.5) is 5.69 Å². The molecule has 4 nitrogen and oxygen atoms in total. The Labute approximate surface area is 120 Å². The molecule has 0 aliphatic rings. The molecule has 20 heavy (non-hydrogen) atoms. The zero-order valence-electron chi connectivity index (χ0n) is 10.8. The maximum atomic E-state index is 9.20. The van der Waals surface area contributed by atoms with E-state index in [9.17, 15) is 5.26 Å². The zero-order chi connectivity index (χ0) is 14.1. The Balaban J connectivity index is 2.31. The number of aromatic nitrogens is 1. The molecule has 3 heterocycles. The van der Waals surface area contributed by atoms with E-state index in [-0.39, 0.29) is 0 Å². The zero-order valence-corrected chi connectivity index (χ0v) is 11.6. The van der Waals surface area contributed by atoms with Gasteiger partial charge in [0.1, 0.15) is 16.7 Å². The van der Waals surface area contributed by atoms with E-state index in [1.54, 1.807) is 18.7 Å². The number of nitrogens with zero attached hydrogens (tertiary/aromatic N) is 2. The molecule has 3 rings (SSSR count). The number of anilines is 1. The van der Waals surface area contributed by atoms with Crippen molar-refractivity contribution >= 4 is 17.0 Å². The van der Waals surface area contributed by atoms with Gasteiger partial charge in [-0.05, 0) is 24.6 Å². The highest BCUT2D eigenvalue weighted by molar-refractivity contribution is 7.17. The summed E-state index contributed by atoms with van der Waals surface area (Å²) in [6.07, 6.45) is 5.08. The second-order valence-corrected chi connectivity index (χ2v) is 5.36. The maximum Gasteiger partial charge on any atom is 0.147 e. The second kappa shape index (κ2) is 4.83. The van der Waals surface area contributed by atoms with E-state index in [4.69, 9.17) is 10.2 Å². The van der Waals surface area contributed by atoms with Crippen LogP contribution in [0.2, 0.25) is 0 Å². The molecular formula is C15H11N3OS. The lowest BCUT2D eigenvalue weighted by atomic mass is 10.0. The van der Waals surface area contributed by atoms with Crippen LogP contribution in [-0.2, 0) is 0 Å². The molecule has 0 bridgehead atoms. The van der Waals surface area contributed by atoms with Crippen LogP contribution in [0.3, 0.4) is 0 Å². The number of hydrogen-bond donors (Lipinski definition) is 1. The third-order valence-electron chi connectivity index (χ3n) is 3.07. The third-order valence-corrected chi connectivity index (χ3v) is 4.17. The van der Waals surface area contributed by atoms with Gasteiger partial charge in [-0.2, -0.15) is 5.26 Å². The van der Waals surface area contributed by atoms with Gasteiger partial charge in [0.15, 0.2) is 0 Å². The summed E-state index contributed by atoms with van der Waals surface area (Å²) < 4.78 is 5.55. The maximum absolute atomic E-state index is 9.20. The van der Waals surface area contributed by atoms with E-state index in [2.05, 4.69) is 11.1 Å². The van der Waals surface area contributed by atoms with Crippen LogP contribution in [0.15, 0.2) is 41.3 Å². The Morgan fingerprint density at radius 3 is 2.85 bits per heavy atom. The SMILES string of the molecule is Cc1ccoc1-c1sc(C#N)c(N)c1-c1cccnc1. The molecule has 2 N–H and O–H groups in total. The highest BCUT2D eigenvalue weighted by Crippen LogP contribution is 2.45. The molecule has 0 spiro atoms. The first-order chi connectivity index (χ1) is 9.72. The normalized spacial score (nSPS) is 10.4. The molecule has 0 aliphatic carbocycles. The minimum absolute atomic E-state index is 0.483. The van der Waals surface area contributed by atoms with Gasteiger partial charge in [0.2, 0.25) is 0 Å². The largest absolute Gasteiger partial charge is 0.463 e. The van der Waals surface area contributed by atoms with Gasteiger partial charge < -0.3 is 10.2 Å². The Bertz CT molecular complexity index is 796. The molecule has 0 saturated heterocycles. The van der Waals surface area contributed by atoms with Crippen molar-refractivity contribution in [1.82, 2.24) is 4.98 Å². The second-order valence-electron chi connectivity index (χ2n) is 4.34. The van der Waals surface area contributed by atoms with E-state index in [1.165, 1.54) is 11.3 Å². The molecule has 0 fully saturated rings. The van der Waals surface area contributed by atoms with Gasteiger partial charge in [0, 0.05) is 23.5 Å². The van der Waals surface area contributed by atoms with Crippen molar-refractivity contribution in [2.75, 3.05) is 5.73 Å². The molecule has 3 aromatic heterocycles. The lowest BCUT2D eigenvalue weighted by Crippen LogP contribution is -1.90. The van der Waals surface area contributed by atoms with E-state index in [0.29, 0.717) is 10.6 Å². The van der Waals surface area contributed by atoms with Crippen LogP contribution < -0.4 is 5.73 Å². The Morgan fingerprint density at radius 2 is 2.25 bits per heavy atom. The van der Waals surface area contributed by atoms with Crippen LogP contribution >= 0.6 is 11.3 Å². The van der Waals surface area contributed by atoms with Gasteiger partial charge in [-0.3, -0.25) is 4.98 Å². The highest BCUT2D eigenvalue weighted by Gasteiger charge is 2.21. The van der Waals surface area contributed by atoms with Crippen molar-refractivity contribution in [3.05, 3.63) is 47.3 Å². The fourth-order valence-corrected chi connectivity index (χ4v) is 3.18. The number of furan rings is 1. The lowest BCUT2D eigenvalue weighted by Gasteiger charge is -2.04. The van der Waals surface area contributed by atoms with Gasteiger partial charge in [-0.25, -0.2) is 0 Å². The van der Waals surface area contributed by atoms with Crippen LogP contribution in [0, 0.1) is 18.3 Å². The number of thiophene rings is 1. The molecule has 98 valence electrons. The van der Waals surface area contributed by atoms with Crippen LogP contribution in [-0.4, -0.2) is 4.98 Å². The monoisotopic (exact) mass is 281 g/mol. The van der Waals surface area contributed by atoms with Crippen molar-refractivity contribution in [1.29, 1.82) is 5.26 Å². The average molecular weight is 281 g/mol. The summed E-state index contributed by atoms with van der Waals surface area (Å²) in [6.45, 7) is 1.97. The van der Waals surface area contributed by atoms with Crippen LogP contribution in [0.25, 0.3) is 21.8 Å². The number of hydrogen-bond acceptors (Lipinski definition) is 5. The summed E-state index contributed by atoms with van der Waals surface area (Å²) in [5, 5.41) is 9.20. The van der Waals surface area contributed by atoms with Gasteiger partial charge >= 0.3 is 0 Å². The average Bonchev–Trinajstić information content (AvgIpc) is 3.03. The van der Waals surface area contributed by atoms with Crippen LogP contribution in [0.1, 0.15) is 10.4 Å². The van der Waals surface area contributed by atoms with E-state index in [0.717, 1.165) is 27.3 Å². The first-order valence-electron chi connectivity index (χ1n) is 5.99. The molecule has 0 atom stereocenters. The molecule has 0 saturated carbocycles. The molecule has 3 aromatic rings. The fraction of sp³-hybridized carbons (Fsp3) is 0.0667. The number of nitriles is 1. The molecule has 0 aromatic carbocycles. The third kappa shape index (κ3) is 1.87. The predicted molar refractivity (Wildman–Crippen MR) is 79.1 cm³/mol. The minimum atomic E-state index is 0.483. The Morgan fingerprint density at radius 1 is 1.40 bits per heavy atom. The summed E-state index contributed by atoms with van der Waals surface area (Å²) in [7, 11) is 0. The smallest absolute Gasteiger partial charge is 0.147 e. The van der Waals surface area contributed by atoms with Gasteiger partial charge in [0.25, 0.3) is 0 Å². The summed E-state index contributed by atoms with van der Waals surface area (Å²) >= 11 is 1.35. The van der Waals surface area contributed by atoms with Gasteiger partial charge in [-0.1, -0.05) is 6.07 Å². The summed E-state index contributed by atoms with van der Waals surface area (Å²) in [5.41, 5.74) is 9.32. The fourth-order valence-electron chi connectivity index (χ4n) is 2.09. The standard InChI is InChI=1S/C15H11N3OS/c1-9-4-6-19-14(9)15-12(10-3-2-5-18-8-10)13(17)11(7-16)20-15/h2-6,8H,17H2,1H3. The van der Waals surface area contributed by atoms with Gasteiger partial charge in [-0.15, -0.1) is 11.3 Å². The van der Waals surface area contributed by atoms with Crippen LogP contribution in [0.5, 0.6) is 0 Å². The first kappa shape index (κ1) is 12.5. The predicted octanol–water partition coefficient (Wildman–Crippen LogP) is 3.83. The summed E-state index contributed by atoms with van der Waals surface area (Å²) in [5.74, 6) is 0.752. The topological polar surface area (TPSA) is 75.8 Å². The van der Waals surface area contributed by atoms with E-state index < -0.39 is 0 Å². The van der Waals surface area contributed by atoms with Crippen molar-refractivity contribution in [3.63, 3.8) is 0 Å². The Hall–Kier alpha value is -2.58. The highest BCUT2D eigenvalue weighted by atomic mass is 32.1. The molecule has 0 aliphatic heterocycles.